The molecule has 1 amide bonds. The van der Waals surface area contributed by atoms with Crippen molar-refractivity contribution in [1.82, 2.24) is 15.1 Å². The molecule has 2 aromatic rings. The van der Waals surface area contributed by atoms with Crippen LogP contribution in [-0.4, -0.2) is 27.8 Å². The molecule has 26 heavy (non-hydrogen) atoms. The number of fused-ring (bicyclic) bond motifs is 1. The van der Waals surface area contributed by atoms with Gasteiger partial charge in [0.2, 0.25) is 0 Å². The van der Waals surface area contributed by atoms with Crippen LogP contribution in [0, 0.1) is 6.92 Å². The van der Waals surface area contributed by atoms with Gasteiger partial charge in [-0.3, -0.25) is 4.79 Å². The predicted molar refractivity (Wildman–Crippen MR) is 105 cm³/mol. The number of benzene rings is 1. The quantitative estimate of drug-likeness (QED) is 0.867. The monoisotopic (exact) mass is 374 g/mol. The van der Waals surface area contributed by atoms with Crippen LogP contribution >= 0.6 is 12.4 Å². The highest BCUT2D eigenvalue weighted by Crippen LogP contribution is 2.29. The second-order valence-corrected chi connectivity index (χ2v) is 7.41. The van der Waals surface area contributed by atoms with E-state index in [1.54, 1.807) is 0 Å². The number of hydrogen-bond donors (Lipinski definition) is 2. The van der Waals surface area contributed by atoms with Crippen LogP contribution in [0.25, 0.3) is 5.69 Å². The van der Waals surface area contributed by atoms with E-state index < -0.39 is 0 Å². The van der Waals surface area contributed by atoms with Gasteiger partial charge in [0.25, 0.3) is 5.91 Å². The van der Waals surface area contributed by atoms with E-state index in [-0.39, 0.29) is 30.4 Å². The predicted octanol–water partition coefficient (Wildman–Crippen LogP) is 3.09. The van der Waals surface area contributed by atoms with Crippen molar-refractivity contribution in [2.24, 2.45) is 5.73 Å². The lowest BCUT2D eigenvalue weighted by Gasteiger charge is -2.26. The first-order valence-corrected chi connectivity index (χ1v) is 9.36. The normalized spacial score (nSPS) is 21.8. The third kappa shape index (κ3) is 3.51. The molecule has 0 aliphatic heterocycles. The van der Waals surface area contributed by atoms with Crippen LogP contribution in [0.15, 0.2) is 24.3 Å². The van der Waals surface area contributed by atoms with Gasteiger partial charge in [-0.1, -0.05) is 18.2 Å². The molecule has 3 N–H and O–H groups in total. The lowest BCUT2D eigenvalue weighted by molar-refractivity contribution is 0.0919. The average Bonchev–Trinajstić information content (AvgIpc) is 3.20. The first-order chi connectivity index (χ1) is 12.1. The number of carbonyl (C=O) groups excluding carboxylic acids is 1. The van der Waals surface area contributed by atoms with E-state index in [0.29, 0.717) is 5.69 Å². The summed E-state index contributed by atoms with van der Waals surface area (Å²) < 4.78 is 1.99. The number of aromatic nitrogens is 2. The molecule has 0 atom stereocenters. The van der Waals surface area contributed by atoms with Gasteiger partial charge in [-0.15, -0.1) is 12.4 Å². The lowest BCUT2D eigenvalue weighted by Crippen LogP contribution is -2.40. The summed E-state index contributed by atoms with van der Waals surface area (Å²) in [5.41, 5.74) is 11.2. The number of hydrogen-bond acceptors (Lipinski definition) is 3. The lowest BCUT2D eigenvalue weighted by atomic mass is 9.92. The van der Waals surface area contributed by atoms with E-state index in [0.717, 1.165) is 56.2 Å². The van der Waals surface area contributed by atoms with Gasteiger partial charge in [-0.25, -0.2) is 4.68 Å². The highest BCUT2D eigenvalue weighted by molar-refractivity contribution is 5.94. The molecular formula is C20H27ClN4O. The Morgan fingerprint density at radius 1 is 1.19 bits per heavy atom. The minimum Gasteiger partial charge on any atom is -0.348 e. The SMILES string of the molecule is Cc1ccccc1-n1nc(C(=O)NC2CCC(N)CC2)c2c1CCC2.Cl. The molecule has 4 rings (SSSR count). The van der Waals surface area contributed by atoms with Crippen molar-refractivity contribution in [2.75, 3.05) is 0 Å². The Kier molecular flexibility index (Phi) is 5.68. The van der Waals surface area contributed by atoms with Crippen LogP contribution in [0.5, 0.6) is 0 Å². The second-order valence-electron chi connectivity index (χ2n) is 7.41. The molecule has 2 aliphatic rings. The number of aryl methyl sites for hydroxylation is 1. The summed E-state index contributed by atoms with van der Waals surface area (Å²) >= 11 is 0. The summed E-state index contributed by atoms with van der Waals surface area (Å²) in [6.07, 6.45) is 6.93. The summed E-state index contributed by atoms with van der Waals surface area (Å²) in [5.74, 6) is -0.0223. The van der Waals surface area contributed by atoms with Gasteiger partial charge in [-0.2, -0.15) is 5.10 Å². The Bertz CT molecular complexity index is 793. The van der Waals surface area contributed by atoms with E-state index in [1.165, 1.54) is 11.3 Å². The molecule has 0 bridgehead atoms. The highest BCUT2D eigenvalue weighted by atomic mass is 35.5. The van der Waals surface area contributed by atoms with Crippen LogP contribution in [-0.2, 0) is 12.8 Å². The molecule has 0 spiro atoms. The average molecular weight is 375 g/mol. The van der Waals surface area contributed by atoms with E-state index in [2.05, 4.69) is 24.4 Å². The molecule has 6 heteroatoms. The first-order valence-electron chi connectivity index (χ1n) is 9.36. The Labute approximate surface area is 160 Å². The largest absolute Gasteiger partial charge is 0.348 e. The van der Waals surface area contributed by atoms with Gasteiger partial charge in [0.15, 0.2) is 5.69 Å². The maximum absolute atomic E-state index is 12.9. The number of carbonyl (C=O) groups is 1. The summed E-state index contributed by atoms with van der Waals surface area (Å²) in [6.45, 7) is 2.09. The number of nitrogens with two attached hydrogens (primary N) is 1. The molecule has 0 radical (unpaired) electrons. The van der Waals surface area contributed by atoms with Crippen molar-refractivity contribution in [3.05, 3.63) is 46.8 Å². The molecule has 0 saturated heterocycles. The molecular weight excluding hydrogens is 348 g/mol. The van der Waals surface area contributed by atoms with Gasteiger partial charge < -0.3 is 11.1 Å². The zero-order valence-corrected chi connectivity index (χ0v) is 16.0. The van der Waals surface area contributed by atoms with Crippen molar-refractivity contribution in [3.63, 3.8) is 0 Å². The van der Waals surface area contributed by atoms with Crippen LogP contribution in [0.1, 0.15) is 59.4 Å². The van der Waals surface area contributed by atoms with Crippen LogP contribution in [0.2, 0.25) is 0 Å². The van der Waals surface area contributed by atoms with Gasteiger partial charge in [0.05, 0.1) is 5.69 Å². The number of nitrogens with one attached hydrogen (secondary N) is 1. The Hall–Kier alpha value is -1.85. The van der Waals surface area contributed by atoms with Gasteiger partial charge in [0, 0.05) is 23.3 Å². The zero-order valence-electron chi connectivity index (χ0n) is 15.2. The smallest absolute Gasteiger partial charge is 0.272 e. The van der Waals surface area contributed by atoms with E-state index in [9.17, 15) is 4.79 Å². The fourth-order valence-corrected chi connectivity index (χ4v) is 4.14. The minimum atomic E-state index is -0.0223. The van der Waals surface area contributed by atoms with Crippen molar-refractivity contribution < 1.29 is 4.79 Å². The van der Waals surface area contributed by atoms with Crippen LogP contribution < -0.4 is 11.1 Å². The molecule has 1 heterocycles. The van der Waals surface area contributed by atoms with Gasteiger partial charge in [-0.05, 0) is 63.5 Å². The van der Waals surface area contributed by atoms with E-state index >= 15 is 0 Å². The summed E-state index contributed by atoms with van der Waals surface area (Å²) in [5, 5.41) is 7.92. The summed E-state index contributed by atoms with van der Waals surface area (Å²) in [4.78, 5) is 12.9. The minimum absolute atomic E-state index is 0. The Morgan fingerprint density at radius 3 is 2.65 bits per heavy atom. The molecule has 1 aromatic heterocycles. The number of para-hydroxylation sites is 1. The zero-order chi connectivity index (χ0) is 17.4. The number of halogens is 1. The van der Waals surface area contributed by atoms with Crippen molar-refractivity contribution in [2.45, 2.75) is 64.0 Å². The second kappa shape index (κ2) is 7.80. The van der Waals surface area contributed by atoms with Crippen molar-refractivity contribution in [3.8, 4) is 5.69 Å². The number of nitrogens with zero attached hydrogens (tertiary/aromatic N) is 2. The molecule has 5 nitrogen and oxygen atoms in total. The Balaban J connectivity index is 0.00000196. The third-order valence-corrected chi connectivity index (χ3v) is 5.60. The summed E-state index contributed by atoms with van der Waals surface area (Å²) in [7, 11) is 0. The summed E-state index contributed by atoms with van der Waals surface area (Å²) in [6, 6.07) is 8.74. The molecule has 140 valence electrons. The van der Waals surface area contributed by atoms with Crippen LogP contribution in [0.4, 0.5) is 0 Å². The van der Waals surface area contributed by atoms with E-state index in [1.807, 2.05) is 16.8 Å². The topological polar surface area (TPSA) is 72.9 Å². The Morgan fingerprint density at radius 2 is 1.92 bits per heavy atom. The molecule has 1 aromatic carbocycles. The maximum Gasteiger partial charge on any atom is 0.272 e. The van der Waals surface area contributed by atoms with Crippen molar-refractivity contribution in [1.29, 1.82) is 0 Å². The van der Waals surface area contributed by atoms with Crippen LogP contribution in [0.3, 0.4) is 0 Å². The molecule has 1 saturated carbocycles. The number of rotatable bonds is 3. The third-order valence-electron chi connectivity index (χ3n) is 5.60. The molecule has 1 fully saturated rings. The molecule has 2 aliphatic carbocycles. The fraction of sp³-hybridized carbons (Fsp3) is 0.500. The number of amides is 1. The first kappa shape index (κ1) is 18.9. The molecule has 0 unspecified atom stereocenters. The van der Waals surface area contributed by atoms with Crippen molar-refractivity contribution >= 4 is 18.3 Å². The van der Waals surface area contributed by atoms with E-state index in [4.69, 9.17) is 10.8 Å². The van der Waals surface area contributed by atoms with Gasteiger partial charge in [0.1, 0.15) is 0 Å². The van der Waals surface area contributed by atoms with Gasteiger partial charge >= 0.3 is 0 Å². The fourth-order valence-electron chi connectivity index (χ4n) is 4.14. The standard InChI is InChI=1S/C20H26N4O.ClH/c1-13-5-2-3-7-17(13)24-18-8-4-6-16(18)19(23-24)20(25)22-15-11-9-14(21)10-12-15;/h2-3,5,7,14-15H,4,6,8-12,21H2,1H3,(H,22,25);1H. The highest BCUT2D eigenvalue weighted by Gasteiger charge is 2.29. The maximum atomic E-state index is 12.9.